The van der Waals surface area contributed by atoms with Crippen molar-refractivity contribution in [1.29, 1.82) is 0 Å². The Morgan fingerprint density at radius 2 is 0.760 bits per heavy atom. The van der Waals surface area contributed by atoms with E-state index in [1.54, 1.807) is 13.2 Å². The smallest absolute Gasteiger partial charge is 0.388 e. The molecule has 4 aromatic rings. The number of nitrogens with zero attached hydrogens (tertiary/aromatic N) is 5. The molecule has 0 radical (unpaired) electrons. The number of ether oxygens (including phenoxy) is 5. The van der Waals surface area contributed by atoms with Gasteiger partial charge in [-0.25, -0.2) is 9.59 Å². The number of amides is 5. The van der Waals surface area contributed by atoms with Gasteiger partial charge in [0.05, 0.1) is 54.1 Å². The number of aromatic amines is 4. The minimum atomic E-state index is -5.12. The number of hydrogen-bond donors (Lipinski definition) is 18. The molecule has 6 aliphatic rings. The maximum Gasteiger partial charge on any atom is 0.471 e. The van der Waals surface area contributed by atoms with Crippen molar-refractivity contribution in [3.8, 4) is 0 Å². The molecule has 10 rings (SSSR count). The number of aryl methyl sites for hydroxylation is 1. The number of rotatable bonds is 29. The highest BCUT2D eigenvalue weighted by atomic mass is 32.1. The summed E-state index contributed by atoms with van der Waals surface area (Å²) in [6.07, 6.45) is 9.52. The van der Waals surface area contributed by atoms with Crippen molar-refractivity contribution in [3.05, 3.63) is 131 Å². The van der Waals surface area contributed by atoms with Crippen LogP contribution in [0.5, 0.6) is 0 Å². The number of aliphatic hydroxyl groups is 10. The molecule has 5 saturated heterocycles. The highest BCUT2D eigenvalue weighted by Gasteiger charge is 2.51. The van der Waals surface area contributed by atoms with Crippen LogP contribution in [0.25, 0.3) is 0 Å². The van der Waals surface area contributed by atoms with Crippen LogP contribution in [-0.2, 0) is 73.7 Å². The van der Waals surface area contributed by atoms with Gasteiger partial charge in [-0.3, -0.25) is 86.7 Å². The molecule has 0 bridgehead atoms. The summed E-state index contributed by atoms with van der Waals surface area (Å²) in [7, 11) is 2.54. The zero-order valence-electron chi connectivity index (χ0n) is 75.1. The summed E-state index contributed by atoms with van der Waals surface area (Å²) in [4.78, 5) is 139. The lowest BCUT2D eigenvalue weighted by atomic mass is 9.90. The molecule has 18 N–H and O–H groups in total. The van der Waals surface area contributed by atoms with Crippen LogP contribution in [0.2, 0.25) is 0 Å². The van der Waals surface area contributed by atoms with Gasteiger partial charge < -0.3 is 95.6 Å². The van der Waals surface area contributed by atoms with Crippen LogP contribution < -0.4 is 54.9 Å². The number of aliphatic hydroxyl groups excluding tert-OH is 10. The molecular formula is C80H129F3N13O26P5S2. The van der Waals surface area contributed by atoms with Crippen LogP contribution in [0.1, 0.15) is 100 Å². The Hall–Kier alpha value is -6.50. The number of aromatic nitrogens is 8. The molecule has 728 valence electrons. The third kappa shape index (κ3) is 32.1. The number of halogens is 3. The van der Waals surface area contributed by atoms with E-state index in [-0.39, 0.29) is 68.1 Å². The monoisotopic (exact) mass is 1960 g/mol. The Kier molecular flexibility index (Phi) is 40.2. The van der Waals surface area contributed by atoms with E-state index in [9.17, 15) is 117 Å². The summed E-state index contributed by atoms with van der Waals surface area (Å²) < 4.78 is 71.6. The van der Waals surface area contributed by atoms with Gasteiger partial charge in [0.15, 0.2) is 34.5 Å². The summed E-state index contributed by atoms with van der Waals surface area (Å²) in [6.45, 7) is 18.2. The predicted molar refractivity (Wildman–Crippen MR) is 501 cm³/mol. The molecule has 0 spiro atoms. The highest BCUT2D eigenvalue weighted by Crippen LogP contribution is 2.45. The predicted octanol–water partition coefficient (Wildman–Crippen LogP) is -0.892. The first-order valence-electron chi connectivity index (χ1n) is 41.2. The van der Waals surface area contributed by atoms with Crippen molar-refractivity contribution in [3.63, 3.8) is 0 Å². The molecule has 0 aromatic carbocycles. The zero-order valence-corrected chi connectivity index (χ0v) is 81.2. The van der Waals surface area contributed by atoms with Crippen LogP contribution in [0.3, 0.4) is 0 Å². The second-order valence-electron chi connectivity index (χ2n) is 36.2. The fraction of sp³-hybridized carbons (Fsp3) is 0.650. The first-order chi connectivity index (χ1) is 59.4. The van der Waals surface area contributed by atoms with Gasteiger partial charge in [0.2, 0.25) is 17.7 Å². The van der Waals surface area contributed by atoms with E-state index in [0.717, 1.165) is 47.0 Å². The fourth-order valence-electron chi connectivity index (χ4n) is 14.2. The van der Waals surface area contributed by atoms with E-state index in [1.807, 2.05) is 25.2 Å². The van der Waals surface area contributed by atoms with Crippen molar-refractivity contribution >= 4 is 120 Å². The first-order valence-corrected chi connectivity index (χ1v) is 57.3. The molecule has 39 nitrogen and oxygen atoms in total. The lowest BCUT2D eigenvalue weighted by Crippen LogP contribution is -2.49. The largest absolute Gasteiger partial charge is 0.471 e. The van der Waals surface area contributed by atoms with Crippen LogP contribution in [0.15, 0.2) is 65.2 Å². The lowest BCUT2D eigenvalue weighted by molar-refractivity contribution is -0.184. The molecule has 5 unspecified atom stereocenters. The van der Waals surface area contributed by atoms with Gasteiger partial charge in [-0.1, -0.05) is 13.0 Å². The zero-order chi connectivity index (χ0) is 97.7. The van der Waals surface area contributed by atoms with E-state index in [1.165, 1.54) is 41.5 Å². The van der Waals surface area contributed by atoms with E-state index < -0.39 is 221 Å². The quantitative estimate of drug-likeness (QED) is 0.0178. The van der Waals surface area contributed by atoms with Crippen molar-refractivity contribution in [2.75, 3.05) is 118 Å². The van der Waals surface area contributed by atoms with Crippen LogP contribution in [0.4, 0.5) is 13.2 Å². The molecule has 0 aliphatic carbocycles. The van der Waals surface area contributed by atoms with Gasteiger partial charge in [-0.2, -0.15) is 13.2 Å². The number of nitrogens with one attached hydrogen (secondary N) is 8. The van der Waals surface area contributed by atoms with Crippen molar-refractivity contribution in [2.24, 2.45) is 5.92 Å². The minimum Gasteiger partial charge on any atom is -0.388 e. The fourth-order valence-corrected chi connectivity index (χ4v) is 19.4. The SMILES string of the molecule is C=P(C)(C)CC[C@H]1OC([C@@H]2C=C(CNC(C)=O)C(=O)NC2=O)[C@H](O)[C@@H]1O.C=P(C)(C)CC[C@H]1OC(n2cc(CC)c(=O)[nH]c2=S)[C@H](O)[C@@H]1O.C=P(C)(C)CC[C@H]1OC(n2cc(CN(C)C(=O)C(F)(F)F)c(=O)[nH]c2=O)[C@H](O)[C@@H]1O.C=P(C)(C)CC[C@H]1OC(n2cc(CNC(C)=O)c(=O)[nH]c2=S)[C@H](O)[C@@H]1O.C=P(C)(C)CC[C@H]1OC(n2cc(CNC)c(=O)[nH]c2=O)[C@H](O)[C@@H]1O. The standard InChI is InChI=1S/C17H25F3N3O6P.C17H27N2O6P.C16H26N3O5PS.C15H26N3O5P.C15H25N2O4PS/c1-22(15(27)17(18,19)20)7-9-8-23(16(28)21-13(9)26)14-12(25)11(24)10(29-14)5-6-30(2,3)4;1-9(20)18-8-10-7-11(17(24)19-16(10)23)15-14(22)13(21)12(25-15)5-6-26(2,3)4;1-9(20)17-7-10-8-19(16(26)18-14(10)23)15-13(22)12(21)11(24-15)5-6-25(2,3)4;1-16-7-9-8-18(15(22)17-13(9)21)14-12(20)11(19)10(23-14)5-6-24(2,3)4;1-5-9-8-17(15(23)16-13(9)20)14-12(19)11(18)10(21-14)6-7-22(2,3)4/h8,10-12,14,24-25H,2,5-7H2,1,3-4H3,(H,21,26,28);7,11-15,21-22H,2,5-6,8H2,1,3-4H3,(H,18,20)(H,19,23,24);8,11-13,15,21-22H,2,5-7H2,1,3-4H3,(H,17,20)(H,18,23,26);8,10-12,14,16,19-20H,2,5-7H2,1,3-4H3,(H,17,21,22);8,10-12,14,18-19H,2,5-7H2,1,3-4H3,(H,16,20,23)/t10-,11-,12-,14?;11-,12+,13+,14+,15?;11-,12-,13-,15?;2*10-,11-,12-,14?/m10111/s1. The number of imide groups is 1. The Labute approximate surface area is 754 Å². The Morgan fingerprint density at radius 1 is 0.457 bits per heavy atom. The van der Waals surface area contributed by atoms with E-state index in [0.29, 0.717) is 55.8 Å². The Bertz CT molecular complexity index is 5440. The van der Waals surface area contributed by atoms with Crippen molar-refractivity contribution in [1.82, 2.24) is 64.4 Å². The maximum atomic E-state index is 12.6. The Balaban J connectivity index is 0.000000249. The number of hydrogen-bond acceptors (Lipinski definition) is 29. The topological polar surface area (TPSA) is 570 Å². The van der Waals surface area contributed by atoms with Crippen molar-refractivity contribution < 1.29 is 112 Å². The normalized spacial score (nSPS) is 27.7. The molecule has 5 fully saturated rings. The summed E-state index contributed by atoms with van der Waals surface area (Å²) in [6, 6.07) is 0. The van der Waals surface area contributed by atoms with E-state index >= 15 is 0 Å². The first kappa shape index (κ1) is 111. The van der Waals surface area contributed by atoms with Gasteiger partial charge >= 0.3 is 23.5 Å². The highest BCUT2D eigenvalue weighted by molar-refractivity contribution is 7.73. The molecule has 4 aromatic heterocycles. The lowest BCUT2D eigenvalue weighted by Gasteiger charge is -2.26. The average Bonchev–Trinajstić information content (AvgIpc) is 1.61. The molecular weight excluding hydrogens is 1830 g/mol. The molecule has 49 heteroatoms. The van der Waals surface area contributed by atoms with Gasteiger partial charge in [0, 0.05) is 82.0 Å². The number of alkyl halides is 3. The van der Waals surface area contributed by atoms with Gasteiger partial charge in [0.1, 0.15) is 67.1 Å². The van der Waals surface area contributed by atoms with E-state index in [2.05, 4.69) is 121 Å². The number of carbonyl (C=O) groups excluding carboxylic acids is 5. The summed E-state index contributed by atoms with van der Waals surface area (Å²) in [5.41, 5.74) is -2.73. The van der Waals surface area contributed by atoms with Gasteiger partial charge in [-0.15, -0.1) is 65.9 Å². The number of carbonyl (C=O) groups is 5. The van der Waals surface area contributed by atoms with Crippen LogP contribution in [0, 0.1) is 15.5 Å². The Morgan fingerprint density at radius 3 is 1.11 bits per heavy atom. The molecule has 21 atom stereocenters. The molecule has 6 aliphatic heterocycles. The van der Waals surface area contributed by atoms with Crippen LogP contribution >= 0.6 is 58.9 Å². The second-order valence-corrected chi connectivity index (χ2v) is 58.6. The second kappa shape index (κ2) is 46.6. The van der Waals surface area contributed by atoms with Gasteiger partial charge in [0.25, 0.3) is 28.1 Å². The van der Waals surface area contributed by atoms with Crippen molar-refractivity contribution in [2.45, 2.75) is 208 Å². The minimum absolute atomic E-state index is 0.0231. The summed E-state index contributed by atoms with van der Waals surface area (Å²) in [5, 5.41) is 113. The summed E-state index contributed by atoms with van der Waals surface area (Å²) >= 11 is 10.3. The van der Waals surface area contributed by atoms with Gasteiger partial charge in [-0.05, 0) is 167 Å². The summed E-state index contributed by atoms with van der Waals surface area (Å²) in [5.74, 6) is -4.85. The maximum absolute atomic E-state index is 12.6. The molecule has 5 amide bonds. The number of H-pyrrole nitrogens is 4. The average molecular weight is 1960 g/mol. The molecule has 10 heterocycles. The molecule has 129 heavy (non-hydrogen) atoms. The third-order valence-electron chi connectivity index (χ3n) is 21.5. The van der Waals surface area contributed by atoms with Crippen LogP contribution in [-0.4, -0.2) is 377 Å². The van der Waals surface area contributed by atoms with E-state index in [4.69, 9.17) is 48.1 Å². The molecule has 0 saturated carbocycles. The third-order valence-corrected chi connectivity index (χ3v) is 29.4.